The molecule has 2 aromatic heterocycles. The number of piperidine rings is 1. The average molecular weight is 511 g/mol. The number of likely N-dealkylation sites (tertiary alicyclic amines) is 1. The van der Waals surface area contributed by atoms with E-state index >= 15 is 0 Å². The summed E-state index contributed by atoms with van der Waals surface area (Å²) in [6, 6.07) is 20.6. The maximum absolute atomic E-state index is 6.20. The number of benzene rings is 3. The first-order valence-corrected chi connectivity index (χ1v) is 13.9. The van der Waals surface area contributed by atoms with Gasteiger partial charge >= 0.3 is 5.82 Å². The van der Waals surface area contributed by atoms with Gasteiger partial charge < -0.3 is 9.64 Å². The molecule has 2 unspecified atom stereocenters. The molecule has 0 spiro atoms. The Hall–Kier alpha value is -3.71. The fourth-order valence-corrected chi connectivity index (χ4v) is 5.92. The zero-order valence-electron chi connectivity index (χ0n) is 22.8. The molecule has 38 heavy (non-hydrogen) atoms. The van der Waals surface area contributed by atoms with E-state index in [1.807, 2.05) is 0 Å². The number of rotatable bonds is 7. The van der Waals surface area contributed by atoms with E-state index in [0.717, 1.165) is 70.4 Å². The van der Waals surface area contributed by atoms with Crippen molar-refractivity contribution in [3.05, 3.63) is 60.4 Å². The first-order valence-electron chi connectivity index (χ1n) is 13.9. The van der Waals surface area contributed by atoms with Gasteiger partial charge in [-0.25, -0.2) is 4.98 Å². The summed E-state index contributed by atoms with van der Waals surface area (Å²) in [7, 11) is 0. The summed E-state index contributed by atoms with van der Waals surface area (Å²) in [5, 5.41) is 18.9. The van der Waals surface area contributed by atoms with Gasteiger partial charge in [-0.1, -0.05) is 32.0 Å². The maximum atomic E-state index is 6.20. The maximum Gasteiger partial charge on any atom is 0.306 e. The molecule has 0 saturated carbocycles. The Kier molecular flexibility index (Phi) is 6.62. The summed E-state index contributed by atoms with van der Waals surface area (Å²) in [6.45, 7) is 10.8. The lowest BCUT2D eigenvalue weighted by molar-refractivity contribution is -0.951. The second-order valence-electron chi connectivity index (χ2n) is 11.2. The molecule has 3 aromatic carbocycles. The van der Waals surface area contributed by atoms with Crippen molar-refractivity contribution in [2.24, 2.45) is 0 Å². The number of aromatic nitrogens is 5. The van der Waals surface area contributed by atoms with Crippen LogP contribution in [0.3, 0.4) is 0 Å². The average Bonchev–Trinajstić information content (AvgIpc) is 3.58. The SMILES string of the molecule is CC(C)c1[nH]nc(-c2ccc3[nH]nc(-c4ccc5cc(OCC[NH+]6C(C)CCCC6C)ccc5c4)c3c2)[nH+]1. The zero-order valence-corrected chi connectivity index (χ0v) is 22.8. The van der Waals surface area contributed by atoms with Crippen molar-refractivity contribution >= 4 is 21.7 Å². The van der Waals surface area contributed by atoms with E-state index in [1.54, 1.807) is 4.90 Å². The molecule has 2 atom stereocenters. The summed E-state index contributed by atoms with van der Waals surface area (Å²) >= 11 is 0. The Morgan fingerprint density at radius 2 is 1.68 bits per heavy atom. The molecular weight excluding hydrogens is 472 g/mol. The monoisotopic (exact) mass is 510 g/mol. The molecule has 1 aliphatic rings. The third kappa shape index (κ3) is 4.78. The van der Waals surface area contributed by atoms with E-state index in [1.165, 1.54) is 30.0 Å². The van der Waals surface area contributed by atoms with Gasteiger partial charge in [-0.2, -0.15) is 5.10 Å². The molecule has 196 valence electrons. The van der Waals surface area contributed by atoms with Crippen molar-refractivity contribution in [1.82, 2.24) is 20.4 Å². The summed E-state index contributed by atoms with van der Waals surface area (Å²) in [6.07, 6.45) is 4.01. The second kappa shape index (κ2) is 10.2. The van der Waals surface area contributed by atoms with Crippen LogP contribution < -0.4 is 14.6 Å². The summed E-state index contributed by atoms with van der Waals surface area (Å²) in [4.78, 5) is 5.08. The number of hydrogen-bond donors (Lipinski definition) is 3. The number of ether oxygens (including phenoxy) is 1. The Bertz CT molecular complexity index is 1560. The lowest BCUT2D eigenvalue weighted by atomic mass is 9.98. The van der Waals surface area contributed by atoms with Crippen LogP contribution in [0.2, 0.25) is 0 Å². The predicted molar refractivity (Wildman–Crippen MR) is 151 cm³/mol. The van der Waals surface area contributed by atoms with E-state index in [0.29, 0.717) is 5.92 Å². The number of fused-ring (bicyclic) bond motifs is 2. The summed E-state index contributed by atoms with van der Waals surface area (Å²) in [5.41, 5.74) is 4.06. The molecular formula is C31H38N6O+2. The number of H-pyrrole nitrogens is 3. The normalized spacial score (nSPS) is 20.0. The molecule has 0 radical (unpaired) electrons. The number of hydrogen-bond acceptors (Lipinski definition) is 3. The highest BCUT2D eigenvalue weighted by Crippen LogP contribution is 2.32. The third-order valence-corrected chi connectivity index (χ3v) is 8.24. The van der Waals surface area contributed by atoms with Crippen molar-refractivity contribution in [2.75, 3.05) is 13.2 Å². The Morgan fingerprint density at radius 3 is 2.47 bits per heavy atom. The van der Waals surface area contributed by atoms with Crippen molar-refractivity contribution in [2.45, 2.75) is 65.0 Å². The molecule has 1 saturated heterocycles. The van der Waals surface area contributed by atoms with Gasteiger partial charge in [0.05, 0.1) is 28.9 Å². The molecule has 0 amide bonds. The number of quaternary nitrogens is 1. The molecule has 1 aliphatic heterocycles. The van der Waals surface area contributed by atoms with Gasteiger partial charge in [0.15, 0.2) is 0 Å². The lowest BCUT2D eigenvalue weighted by Gasteiger charge is -2.35. The van der Waals surface area contributed by atoms with Gasteiger partial charge in [0.1, 0.15) is 18.9 Å². The highest BCUT2D eigenvalue weighted by atomic mass is 16.5. The topological polar surface area (TPSA) is 85.2 Å². The van der Waals surface area contributed by atoms with E-state index in [4.69, 9.17) is 4.74 Å². The fraction of sp³-hybridized carbons (Fsp3) is 0.387. The lowest BCUT2D eigenvalue weighted by Crippen LogP contribution is -3.19. The Morgan fingerprint density at radius 1 is 0.921 bits per heavy atom. The molecule has 0 bridgehead atoms. The standard InChI is InChI=1S/C31H36N6O/c1-19(2)30-32-31(36-35-30)25-11-13-28-27(18-25)29(34-33-28)24-9-8-23-17-26(12-10-22(23)16-24)38-15-14-37-20(3)6-5-7-21(37)4/h8-13,16-21H,5-7,14-15H2,1-4H3,(H,33,34)(H,32,35,36)/p+2. The molecule has 5 aromatic rings. The van der Waals surface area contributed by atoms with Gasteiger partial charge in [0.2, 0.25) is 5.82 Å². The van der Waals surface area contributed by atoms with Crippen LogP contribution in [0.25, 0.3) is 44.3 Å². The van der Waals surface area contributed by atoms with E-state index < -0.39 is 0 Å². The summed E-state index contributed by atoms with van der Waals surface area (Å²) < 4.78 is 6.20. The second-order valence-corrected chi connectivity index (χ2v) is 11.2. The Balaban J connectivity index is 1.21. The van der Waals surface area contributed by atoms with E-state index in [-0.39, 0.29) is 0 Å². The Labute approximate surface area is 223 Å². The van der Waals surface area contributed by atoms with Crippen LogP contribution in [0.15, 0.2) is 54.6 Å². The van der Waals surface area contributed by atoms with Crippen LogP contribution >= 0.6 is 0 Å². The predicted octanol–water partition coefficient (Wildman–Crippen LogP) is 4.94. The first-order chi connectivity index (χ1) is 18.5. The molecule has 0 aliphatic carbocycles. The molecule has 7 heteroatoms. The quantitative estimate of drug-likeness (QED) is 0.290. The van der Waals surface area contributed by atoms with Gasteiger partial charge in [0.25, 0.3) is 0 Å². The number of aromatic amines is 3. The van der Waals surface area contributed by atoms with Crippen LogP contribution in [0.5, 0.6) is 5.75 Å². The highest BCUT2D eigenvalue weighted by molar-refractivity contribution is 5.97. The minimum atomic E-state index is 0.358. The van der Waals surface area contributed by atoms with Crippen molar-refractivity contribution in [3.8, 4) is 28.4 Å². The largest absolute Gasteiger partial charge is 0.488 e. The van der Waals surface area contributed by atoms with Crippen molar-refractivity contribution in [3.63, 3.8) is 0 Å². The van der Waals surface area contributed by atoms with Gasteiger partial charge in [-0.15, -0.1) is 5.10 Å². The van der Waals surface area contributed by atoms with Crippen LogP contribution in [0, 0.1) is 0 Å². The third-order valence-electron chi connectivity index (χ3n) is 8.24. The highest BCUT2D eigenvalue weighted by Gasteiger charge is 2.28. The molecule has 4 N–H and O–H groups in total. The fourth-order valence-electron chi connectivity index (χ4n) is 5.92. The molecule has 6 rings (SSSR count). The minimum Gasteiger partial charge on any atom is -0.488 e. The van der Waals surface area contributed by atoms with Crippen LogP contribution in [-0.4, -0.2) is 45.6 Å². The van der Waals surface area contributed by atoms with Crippen molar-refractivity contribution < 1.29 is 14.6 Å². The molecule has 3 heterocycles. The molecule has 1 fully saturated rings. The minimum absolute atomic E-state index is 0.358. The van der Waals surface area contributed by atoms with E-state index in [9.17, 15) is 0 Å². The van der Waals surface area contributed by atoms with Crippen LogP contribution in [-0.2, 0) is 0 Å². The summed E-state index contributed by atoms with van der Waals surface area (Å²) in [5.74, 6) is 3.14. The van der Waals surface area contributed by atoms with Gasteiger partial charge in [0, 0.05) is 22.0 Å². The van der Waals surface area contributed by atoms with Gasteiger partial charge in [-0.05, 0) is 80.3 Å². The number of nitrogens with one attached hydrogen (secondary N) is 4. The van der Waals surface area contributed by atoms with Gasteiger partial charge in [-0.3, -0.25) is 5.10 Å². The number of nitrogens with zero attached hydrogens (tertiary/aromatic N) is 2. The smallest absolute Gasteiger partial charge is 0.306 e. The first kappa shape index (κ1) is 24.6. The van der Waals surface area contributed by atoms with Crippen LogP contribution in [0.4, 0.5) is 0 Å². The van der Waals surface area contributed by atoms with E-state index in [2.05, 4.69) is 108 Å². The zero-order chi connectivity index (χ0) is 26.2. The van der Waals surface area contributed by atoms with Crippen molar-refractivity contribution in [1.29, 1.82) is 0 Å². The van der Waals surface area contributed by atoms with Crippen LogP contribution in [0.1, 0.15) is 58.7 Å². The molecule has 7 nitrogen and oxygen atoms in total.